The Balaban J connectivity index is 1.48. The quantitative estimate of drug-likeness (QED) is 0.432. The molecule has 1 aromatic carbocycles. The first-order valence-electron chi connectivity index (χ1n) is 8.65. The summed E-state index contributed by atoms with van der Waals surface area (Å²) in [5.74, 6) is 0.765. The maximum atomic E-state index is 12.1. The Hall–Kier alpha value is -3.06. The van der Waals surface area contributed by atoms with Gasteiger partial charge in [0.2, 0.25) is 0 Å². The smallest absolute Gasteiger partial charge is 0.291 e. The molecule has 6 nitrogen and oxygen atoms in total. The summed E-state index contributed by atoms with van der Waals surface area (Å²) in [6.07, 6.45) is 2.44. The van der Waals surface area contributed by atoms with Crippen LogP contribution in [-0.2, 0) is 13.0 Å². The van der Waals surface area contributed by atoms with Gasteiger partial charge in [-0.05, 0) is 47.7 Å². The van der Waals surface area contributed by atoms with E-state index >= 15 is 0 Å². The molecule has 1 amide bonds. The Bertz CT molecular complexity index is 873. The van der Waals surface area contributed by atoms with Gasteiger partial charge in [-0.15, -0.1) is 11.3 Å². The summed E-state index contributed by atoms with van der Waals surface area (Å²) < 4.78 is 5.11. The summed E-state index contributed by atoms with van der Waals surface area (Å²) in [6, 6.07) is 15.2. The third-order valence-electron chi connectivity index (χ3n) is 3.86. The average molecular weight is 382 g/mol. The molecule has 0 aliphatic carbocycles. The molecular weight excluding hydrogens is 360 g/mol. The van der Waals surface area contributed by atoms with Crippen molar-refractivity contribution in [2.24, 2.45) is 4.99 Å². The van der Waals surface area contributed by atoms with Crippen LogP contribution in [0.2, 0.25) is 0 Å². The van der Waals surface area contributed by atoms with Gasteiger partial charge in [0.1, 0.15) is 0 Å². The van der Waals surface area contributed by atoms with Crippen LogP contribution in [-0.4, -0.2) is 25.5 Å². The van der Waals surface area contributed by atoms with Crippen molar-refractivity contribution >= 4 is 28.9 Å². The van der Waals surface area contributed by atoms with Gasteiger partial charge in [-0.2, -0.15) is 0 Å². The molecule has 27 heavy (non-hydrogen) atoms. The Kier molecular flexibility index (Phi) is 6.65. The third-order valence-corrected chi connectivity index (χ3v) is 4.79. The maximum Gasteiger partial charge on any atom is 0.291 e. The van der Waals surface area contributed by atoms with E-state index in [2.05, 4.69) is 38.5 Å². The van der Waals surface area contributed by atoms with Gasteiger partial charge in [-0.1, -0.05) is 18.2 Å². The molecule has 0 unspecified atom stereocenters. The van der Waals surface area contributed by atoms with Gasteiger partial charge in [0.15, 0.2) is 11.7 Å². The highest BCUT2D eigenvalue weighted by molar-refractivity contribution is 7.09. The monoisotopic (exact) mass is 382 g/mol. The SMILES string of the molecule is CN=C(NCCc1cccs1)NCc1cccc(NC(=O)c2ccco2)c1. The van der Waals surface area contributed by atoms with E-state index in [1.165, 1.54) is 11.1 Å². The number of hydrogen-bond acceptors (Lipinski definition) is 4. The molecular formula is C20H22N4O2S. The largest absolute Gasteiger partial charge is 0.459 e. The lowest BCUT2D eigenvalue weighted by Gasteiger charge is -2.12. The number of hydrogen-bond donors (Lipinski definition) is 3. The van der Waals surface area contributed by atoms with Gasteiger partial charge >= 0.3 is 0 Å². The topological polar surface area (TPSA) is 78.7 Å². The number of amides is 1. The molecule has 0 aliphatic heterocycles. The molecule has 0 aliphatic rings. The Morgan fingerprint density at radius 2 is 2.07 bits per heavy atom. The molecule has 0 atom stereocenters. The number of nitrogens with zero attached hydrogens (tertiary/aromatic N) is 1. The minimum absolute atomic E-state index is 0.267. The maximum absolute atomic E-state index is 12.1. The number of anilines is 1. The number of nitrogens with one attached hydrogen (secondary N) is 3. The summed E-state index contributed by atoms with van der Waals surface area (Å²) in [5, 5.41) is 11.5. The van der Waals surface area contributed by atoms with Crippen molar-refractivity contribution in [3.63, 3.8) is 0 Å². The zero-order chi connectivity index (χ0) is 18.9. The molecule has 2 aromatic heterocycles. The summed E-state index contributed by atoms with van der Waals surface area (Å²) in [6.45, 7) is 1.42. The molecule has 3 rings (SSSR count). The number of carbonyl (C=O) groups excluding carboxylic acids is 1. The number of guanidine groups is 1. The zero-order valence-corrected chi connectivity index (χ0v) is 15.9. The predicted molar refractivity (Wildman–Crippen MR) is 109 cm³/mol. The highest BCUT2D eigenvalue weighted by Crippen LogP contribution is 2.13. The zero-order valence-electron chi connectivity index (χ0n) is 15.1. The molecule has 2 heterocycles. The van der Waals surface area contributed by atoms with Crippen molar-refractivity contribution in [3.05, 3.63) is 76.4 Å². The van der Waals surface area contributed by atoms with Crippen molar-refractivity contribution in [2.45, 2.75) is 13.0 Å². The van der Waals surface area contributed by atoms with E-state index in [-0.39, 0.29) is 11.7 Å². The minimum Gasteiger partial charge on any atom is -0.459 e. The highest BCUT2D eigenvalue weighted by Gasteiger charge is 2.09. The Labute approximate surface area is 162 Å². The number of carbonyl (C=O) groups is 1. The van der Waals surface area contributed by atoms with Crippen LogP contribution in [0.5, 0.6) is 0 Å². The van der Waals surface area contributed by atoms with Crippen LogP contribution in [0.1, 0.15) is 21.0 Å². The van der Waals surface area contributed by atoms with Crippen molar-refractivity contribution < 1.29 is 9.21 Å². The van der Waals surface area contributed by atoms with Gasteiger partial charge in [0.05, 0.1) is 6.26 Å². The van der Waals surface area contributed by atoms with Crippen molar-refractivity contribution in [1.29, 1.82) is 0 Å². The standard InChI is InChI=1S/C20H22N4O2S/c1-21-20(22-10-9-17-7-4-12-27-17)23-14-15-5-2-6-16(13-15)24-19(25)18-8-3-11-26-18/h2-8,11-13H,9-10,14H2,1H3,(H,24,25)(H2,21,22,23). The molecule has 140 valence electrons. The predicted octanol–water partition coefficient (Wildman–Crippen LogP) is 3.50. The van der Waals surface area contributed by atoms with Crippen LogP contribution in [0, 0.1) is 0 Å². The fraction of sp³-hybridized carbons (Fsp3) is 0.200. The normalized spacial score (nSPS) is 11.2. The first-order chi connectivity index (χ1) is 13.2. The van der Waals surface area contributed by atoms with Crippen LogP contribution < -0.4 is 16.0 Å². The van der Waals surface area contributed by atoms with Gasteiger partial charge in [0, 0.05) is 30.7 Å². The van der Waals surface area contributed by atoms with Gasteiger partial charge in [-0.25, -0.2) is 0 Å². The summed E-state index contributed by atoms with van der Waals surface area (Å²) in [7, 11) is 1.75. The fourth-order valence-corrected chi connectivity index (χ4v) is 3.23. The van der Waals surface area contributed by atoms with Crippen molar-refractivity contribution in [1.82, 2.24) is 10.6 Å². The van der Waals surface area contributed by atoms with Crippen LogP contribution >= 0.6 is 11.3 Å². The third kappa shape index (κ3) is 5.72. The van der Waals surface area contributed by atoms with Gasteiger partial charge in [0.25, 0.3) is 5.91 Å². The molecule has 0 bridgehead atoms. The van der Waals surface area contributed by atoms with Gasteiger partial charge in [-0.3, -0.25) is 9.79 Å². The molecule has 3 aromatic rings. The van der Waals surface area contributed by atoms with Crippen molar-refractivity contribution in [2.75, 3.05) is 18.9 Å². The van der Waals surface area contributed by atoms with E-state index < -0.39 is 0 Å². The minimum atomic E-state index is -0.267. The number of thiophene rings is 1. The van der Waals surface area contributed by atoms with E-state index in [9.17, 15) is 4.79 Å². The number of aliphatic imine (C=N–C) groups is 1. The second-order valence-electron chi connectivity index (χ2n) is 5.81. The van der Waals surface area contributed by atoms with E-state index in [1.54, 1.807) is 30.5 Å². The lowest BCUT2D eigenvalue weighted by molar-refractivity contribution is 0.0996. The summed E-state index contributed by atoms with van der Waals surface area (Å²) in [5.41, 5.74) is 1.75. The Morgan fingerprint density at radius 3 is 2.81 bits per heavy atom. The lowest BCUT2D eigenvalue weighted by Crippen LogP contribution is -2.37. The average Bonchev–Trinajstić information content (AvgIpc) is 3.38. The second-order valence-corrected chi connectivity index (χ2v) is 6.85. The number of benzene rings is 1. The van der Waals surface area contributed by atoms with E-state index in [0.29, 0.717) is 6.54 Å². The van der Waals surface area contributed by atoms with E-state index in [4.69, 9.17) is 4.42 Å². The first kappa shape index (κ1) is 18.7. The summed E-state index contributed by atoms with van der Waals surface area (Å²) >= 11 is 1.76. The van der Waals surface area contributed by atoms with Crippen LogP contribution in [0.15, 0.2) is 69.6 Å². The molecule has 3 N–H and O–H groups in total. The second kappa shape index (κ2) is 9.59. The molecule has 0 radical (unpaired) electrons. The molecule has 7 heteroatoms. The molecule has 0 saturated carbocycles. The molecule has 0 fully saturated rings. The van der Waals surface area contributed by atoms with Crippen molar-refractivity contribution in [3.8, 4) is 0 Å². The fourth-order valence-electron chi connectivity index (χ4n) is 2.52. The van der Waals surface area contributed by atoms with Crippen LogP contribution in [0.25, 0.3) is 0 Å². The molecule has 0 saturated heterocycles. The molecule has 0 spiro atoms. The van der Waals surface area contributed by atoms with E-state index in [0.717, 1.165) is 30.2 Å². The Morgan fingerprint density at radius 1 is 1.15 bits per heavy atom. The van der Waals surface area contributed by atoms with Crippen LogP contribution in [0.4, 0.5) is 5.69 Å². The van der Waals surface area contributed by atoms with Crippen LogP contribution in [0.3, 0.4) is 0 Å². The lowest BCUT2D eigenvalue weighted by atomic mass is 10.2. The number of rotatable bonds is 7. The van der Waals surface area contributed by atoms with E-state index in [1.807, 2.05) is 24.3 Å². The van der Waals surface area contributed by atoms with Gasteiger partial charge < -0.3 is 20.4 Å². The highest BCUT2D eigenvalue weighted by atomic mass is 32.1. The first-order valence-corrected chi connectivity index (χ1v) is 9.53. The number of furan rings is 1. The summed E-state index contributed by atoms with van der Waals surface area (Å²) in [4.78, 5) is 17.7.